The van der Waals surface area contributed by atoms with Crippen LogP contribution < -0.4 is 9.47 Å². The van der Waals surface area contributed by atoms with Gasteiger partial charge in [0.2, 0.25) is 0 Å². The number of halogens is 4. The van der Waals surface area contributed by atoms with Gasteiger partial charge in [-0.05, 0) is 23.8 Å². The number of aromatic amines is 1. The minimum atomic E-state index is -4.54. The minimum Gasteiger partial charge on any atom is -0.493 e. The number of hydrogen-bond acceptors (Lipinski definition) is 5. The molecule has 0 aliphatic heterocycles. The van der Waals surface area contributed by atoms with Crippen LogP contribution in [0.1, 0.15) is 28.6 Å². The molecule has 0 radical (unpaired) electrons. The van der Waals surface area contributed by atoms with Crippen LogP contribution in [0.3, 0.4) is 0 Å². The molecule has 0 aliphatic carbocycles. The molecule has 6 nitrogen and oxygen atoms in total. The summed E-state index contributed by atoms with van der Waals surface area (Å²) < 4.78 is 49.3. The normalized spacial score (nSPS) is 12.7. The number of pyridine rings is 1. The van der Waals surface area contributed by atoms with Crippen LogP contribution in [-0.4, -0.2) is 34.4 Å². The van der Waals surface area contributed by atoms with Crippen molar-refractivity contribution in [2.75, 3.05) is 14.2 Å². The van der Waals surface area contributed by atoms with Gasteiger partial charge in [-0.25, -0.2) is 4.98 Å². The fourth-order valence-corrected chi connectivity index (χ4v) is 2.92. The Kier molecular flexibility index (Phi) is 5.22. The summed E-state index contributed by atoms with van der Waals surface area (Å²) in [5.41, 5.74) is -0.0907. The van der Waals surface area contributed by atoms with Crippen LogP contribution in [0.15, 0.2) is 36.8 Å². The van der Waals surface area contributed by atoms with Crippen molar-refractivity contribution in [2.24, 2.45) is 0 Å². The molecule has 3 rings (SSSR count). The van der Waals surface area contributed by atoms with Crippen molar-refractivity contribution in [1.29, 1.82) is 0 Å². The summed E-state index contributed by atoms with van der Waals surface area (Å²) in [6.45, 7) is 0. The van der Waals surface area contributed by atoms with Gasteiger partial charge in [0.1, 0.15) is 12.2 Å². The zero-order valence-electron chi connectivity index (χ0n) is 14.2. The lowest BCUT2D eigenvalue weighted by Crippen LogP contribution is -2.12. The molecular weight excluding hydrogens is 385 g/mol. The molecule has 0 unspecified atom stereocenters. The highest BCUT2D eigenvalue weighted by molar-refractivity contribution is 6.31. The van der Waals surface area contributed by atoms with E-state index in [0.717, 1.165) is 12.3 Å². The van der Waals surface area contributed by atoms with Crippen LogP contribution in [0.4, 0.5) is 13.2 Å². The number of methoxy groups -OCH3 is 2. The number of H-pyrrole nitrogens is 1. The Morgan fingerprint density at radius 2 is 1.81 bits per heavy atom. The molecule has 2 aromatic heterocycles. The number of nitrogens with zero attached hydrogens (tertiary/aromatic N) is 3. The number of ether oxygens (including phenoxy) is 2. The Balaban J connectivity index is 2.14. The Morgan fingerprint density at radius 3 is 2.37 bits per heavy atom. The second-order valence-corrected chi connectivity index (χ2v) is 5.91. The molecular formula is C17H14ClF3N4O2. The largest absolute Gasteiger partial charge is 0.493 e. The summed E-state index contributed by atoms with van der Waals surface area (Å²) in [5, 5.41) is 6.39. The fourth-order valence-electron chi connectivity index (χ4n) is 2.65. The summed E-state index contributed by atoms with van der Waals surface area (Å²) in [6.07, 6.45) is -2.51. The number of nitrogens with one attached hydrogen (secondary N) is 1. The van der Waals surface area contributed by atoms with Crippen LogP contribution in [0, 0.1) is 0 Å². The highest BCUT2D eigenvalue weighted by atomic mass is 35.5. The minimum absolute atomic E-state index is 0.138. The van der Waals surface area contributed by atoms with Crippen molar-refractivity contribution in [3.63, 3.8) is 0 Å². The molecule has 27 heavy (non-hydrogen) atoms. The quantitative estimate of drug-likeness (QED) is 0.701. The van der Waals surface area contributed by atoms with Gasteiger partial charge in [-0.2, -0.15) is 18.3 Å². The molecule has 0 fully saturated rings. The first-order chi connectivity index (χ1) is 12.8. The molecule has 1 atom stereocenters. The average molecular weight is 399 g/mol. The summed E-state index contributed by atoms with van der Waals surface area (Å²) in [4.78, 5) is 8.08. The second kappa shape index (κ2) is 7.43. The third-order valence-electron chi connectivity index (χ3n) is 3.92. The van der Waals surface area contributed by atoms with E-state index in [2.05, 4.69) is 20.2 Å². The Labute approximate surface area is 157 Å². The van der Waals surface area contributed by atoms with Crippen molar-refractivity contribution in [3.05, 3.63) is 64.5 Å². The molecule has 142 valence electrons. The zero-order chi connectivity index (χ0) is 19.6. The third kappa shape index (κ3) is 3.82. The lowest BCUT2D eigenvalue weighted by Gasteiger charge is -2.18. The maximum absolute atomic E-state index is 12.9. The van der Waals surface area contributed by atoms with Gasteiger partial charge >= 0.3 is 6.18 Å². The Bertz CT molecular complexity index is 932. The number of benzene rings is 1. The number of alkyl halides is 3. The molecule has 0 spiro atoms. The lowest BCUT2D eigenvalue weighted by molar-refractivity contribution is -0.137. The van der Waals surface area contributed by atoms with Gasteiger partial charge in [-0.15, -0.1) is 0 Å². The number of aromatic nitrogens is 4. The van der Waals surface area contributed by atoms with Crippen LogP contribution in [-0.2, 0) is 6.18 Å². The van der Waals surface area contributed by atoms with Crippen LogP contribution in [0.5, 0.6) is 11.5 Å². The number of rotatable bonds is 5. The molecule has 0 saturated heterocycles. The van der Waals surface area contributed by atoms with Crippen molar-refractivity contribution in [1.82, 2.24) is 20.2 Å². The summed E-state index contributed by atoms with van der Waals surface area (Å²) in [5.74, 6) is 0.644. The maximum Gasteiger partial charge on any atom is 0.417 e. The lowest BCUT2D eigenvalue weighted by atomic mass is 9.93. The highest BCUT2D eigenvalue weighted by Gasteiger charge is 2.33. The van der Waals surface area contributed by atoms with Gasteiger partial charge in [0.05, 0.1) is 36.4 Å². The first-order valence-corrected chi connectivity index (χ1v) is 8.02. The fraction of sp³-hybridized carbons (Fsp3) is 0.235. The second-order valence-electron chi connectivity index (χ2n) is 5.51. The smallest absolute Gasteiger partial charge is 0.417 e. The van der Waals surface area contributed by atoms with Gasteiger partial charge in [0.15, 0.2) is 11.5 Å². The Hall–Kier alpha value is -2.81. The van der Waals surface area contributed by atoms with Crippen molar-refractivity contribution >= 4 is 11.6 Å². The standard InChI is InChI=1S/C17H14ClF3N4O2/c1-26-12-4-3-9(5-13(12)27-2)14(16-23-8-24-25-16)15-11(18)6-10(7-22-15)17(19,20)21/h3-8,14H,1-2H3,(H,23,24,25)/t14-/m1/s1. The Morgan fingerprint density at radius 1 is 1.07 bits per heavy atom. The van der Waals surface area contributed by atoms with Gasteiger partial charge in [-0.1, -0.05) is 17.7 Å². The first-order valence-electron chi connectivity index (χ1n) is 7.65. The third-order valence-corrected chi connectivity index (χ3v) is 4.22. The topological polar surface area (TPSA) is 72.9 Å². The molecule has 3 aromatic rings. The van der Waals surface area contributed by atoms with Crippen LogP contribution in [0.25, 0.3) is 0 Å². The van der Waals surface area contributed by atoms with Crippen molar-refractivity contribution in [3.8, 4) is 11.5 Å². The van der Waals surface area contributed by atoms with E-state index in [4.69, 9.17) is 21.1 Å². The van der Waals surface area contributed by atoms with E-state index in [-0.39, 0.29) is 10.7 Å². The van der Waals surface area contributed by atoms with Gasteiger partial charge < -0.3 is 9.47 Å². The molecule has 1 aromatic carbocycles. The van der Waals surface area contributed by atoms with E-state index in [1.807, 2.05) is 0 Å². The summed E-state index contributed by atoms with van der Waals surface area (Å²) >= 11 is 6.15. The van der Waals surface area contributed by atoms with Gasteiger partial charge in [0.25, 0.3) is 0 Å². The molecule has 0 saturated carbocycles. The highest BCUT2D eigenvalue weighted by Crippen LogP contribution is 2.39. The van der Waals surface area contributed by atoms with E-state index in [1.54, 1.807) is 18.2 Å². The van der Waals surface area contributed by atoms with E-state index < -0.39 is 17.7 Å². The van der Waals surface area contributed by atoms with E-state index in [9.17, 15) is 13.2 Å². The van der Waals surface area contributed by atoms with Crippen LogP contribution >= 0.6 is 11.6 Å². The van der Waals surface area contributed by atoms with Crippen molar-refractivity contribution < 1.29 is 22.6 Å². The predicted octanol–water partition coefficient (Wildman–Crippen LogP) is 4.07. The van der Waals surface area contributed by atoms with Gasteiger partial charge in [0, 0.05) is 6.20 Å². The average Bonchev–Trinajstić information content (AvgIpc) is 3.16. The first kappa shape index (κ1) is 19.0. The monoisotopic (exact) mass is 398 g/mol. The van der Waals surface area contributed by atoms with Gasteiger partial charge in [-0.3, -0.25) is 10.1 Å². The van der Waals surface area contributed by atoms with Crippen molar-refractivity contribution in [2.45, 2.75) is 12.1 Å². The summed E-state index contributed by atoms with van der Waals surface area (Å²) in [7, 11) is 2.98. The predicted molar refractivity (Wildman–Crippen MR) is 91.1 cm³/mol. The molecule has 1 N–H and O–H groups in total. The molecule has 0 bridgehead atoms. The van der Waals surface area contributed by atoms with Crippen LogP contribution in [0.2, 0.25) is 5.02 Å². The SMILES string of the molecule is COc1ccc([C@@H](c2ncn[nH]2)c2ncc(C(F)(F)F)cc2Cl)cc1OC. The van der Waals surface area contributed by atoms with E-state index in [1.165, 1.54) is 20.5 Å². The molecule has 10 heteroatoms. The number of hydrogen-bond donors (Lipinski definition) is 1. The molecule has 0 aliphatic rings. The summed E-state index contributed by atoms with van der Waals surface area (Å²) in [6, 6.07) is 5.93. The molecule has 0 amide bonds. The van der Waals surface area contributed by atoms with E-state index in [0.29, 0.717) is 22.9 Å². The zero-order valence-corrected chi connectivity index (χ0v) is 15.0. The molecule has 2 heterocycles. The van der Waals surface area contributed by atoms with E-state index >= 15 is 0 Å². The maximum atomic E-state index is 12.9.